The van der Waals surface area contributed by atoms with Crippen molar-refractivity contribution in [3.63, 3.8) is 0 Å². The number of nitrogens with one attached hydrogen (secondary N) is 1. The van der Waals surface area contributed by atoms with Gasteiger partial charge in [0.15, 0.2) is 5.58 Å². The zero-order valence-electron chi connectivity index (χ0n) is 10.7. The molecule has 5 nitrogen and oxygen atoms in total. The third kappa shape index (κ3) is 2.86. The highest BCUT2D eigenvalue weighted by molar-refractivity contribution is 6.30. The standard InChI is InChI=1S/C15H9ClN4O/c16-10-5-7-11(8-6-10)19-20-13(9-17)15-18-12-3-1-2-4-14(12)21-15/h1-8,19H/b20-13-. The zero-order chi connectivity index (χ0) is 14.7. The van der Waals surface area contributed by atoms with Crippen molar-refractivity contribution in [2.75, 3.05) is 5.43 Å². The highest BCUT2D eigenvalue weighted by Crippen LogP contribution is 2.16. The molecule has 0 radical (unpaired) electrons. The minimum Gasteiger partial charge on any atom is -0.434 e. The predicted octanol–water partition coefficient (Wildman–Crippen LogP) is 3.82. The van der Waals surface area contributed by atoms with Crippen molar-refractivity contribution in [2.45, 2.75) is 0 Å². The van der Waals surface area contributed by atoms with E-state index in [-0.39, 0.29) is 11.6 Å². The lowest BCUT2D eigenvalue weighted by Crippen LogP contribution is -2.01. The van der Waals surface area contributed by atoms with E-state index in [4.69, 9.17) is 16.0 Å². The molecule has 0 aliphatic heterocycles. The Balaban J connectivity index is 1.89. The summed E-state index contributed by atoms with van der Waals surface area (Å²) in [6.07, 6.45) is 0. The molecule has 21 heavy (non-hydrogen) atoms. The third-order valence-corrected chi connectivity index (χ3v) is 3.00. The van der Waals surface area contributed by atoms with Gasteiger partial charge in [-0.3, -0.25) is 5.43 Å². The molecule has 0 fully saturated rings. The molecule has 0 saturated heterocycles. The number of para-hydroxylation sites is 2. The van der Waals surface area contributed by atoms with Gasteiger partial charge in [0, 0.05) is 5.02 Å². The second kappa shape index (κ2) is 5.65. The largest absolute Gasteiger partial charge is 0.434 e. The van der Waals surface area contributed by atoms with Gasteiger partial charge < -0.3 is 4.42 Å². The molecule has 0 amide bonds. The fraction of sp³-hybridized carbons (Fsp3) is 0. The number of hydrogen-bond donors (Lipinski definition) is 1. The molecule has 0 aliphatic carbocycles. The van der Waals surface area contributed by atoms with Gasteiger partial charge >= 0.3 is 0 Å². The summed E-state index contributed by atoms with van der Waals surface area (Å²) in [6, 6.07) is 16.2. The van der Waals surface area contributed by atoms with Crippen molar-refractivity contribution in [2.24, 2.45) is 5.10 Å². The van der Waals surface area contributed by atoms with E-state index in [1.165, 1.54) is 0 Å². The van der Waals surface area contributed by atoms with E-state index in [0.29, 0.717) is 21.8 Å². The summed E-state index contributed by atoms with van der Waals surface area (Å²) in [5, 5.41) is 13.8. The average Bonchev–Trinajstić information content (AvgIpc) is 2.93. The maximum Gasteiger partial charge on any atom is 0.259 e. The molecule has 1 N–H and O–H groups in total. The molecule has 6 heteroatoms. The van der Waals surface area contributed by atoms with Crippen molar-refractivity contribution in [3.8, 4) is 6.07 Å². The highest BCUT2D eigenvalue weighted by Gasteiger charge is 2.11. The van der Waals surface area contributed by atoms with Crippen molar-refractivity contribution in [3.05, 3.63) is 59.4 Å². The Labute approximate surface area is 125 Å². The summed E-state index contributed by atoms with van der Waals surface area (Å²) < 4.78 is 5.50. The van der Waals surface area contributed by atoms with Gasteiger partial charge in [0.05, 0.1) is 5.69 Å². The number of anilines is 1. The molecular formula is C15H9ClN4O. The number of hydrogen-bond acceptors (Lipinski definition) is 5. The van der Waals surface area contributed by atoms with Crippen LogP contribution in [0.2, 0.25) is 5.02 Å². The van der Waals surface area contributed by atoms with Crippen LogP contribution in [0.5, 0.6) is 0 Å². The molecule has 1 heterocycles. The van der Waals surface area contributed by atoms with Gasteiger partial charge in [-0.15, -0.1) is 0 Å². The summed E-state index contributed by atoms with van der Waals surface area (Å²) in [6.45, 7) is 0. The summed E-state index contributed by atoms with van der Waals surface area (Å²) in [4.78, 5) is 4.23. The molecule has 0 spiro atoms. The highest BCUT2D eigenvalue weighted by atomic mass is 35.5. The zero-order valence-corrected chi connectivity index (χ0v) is 11.5. The maximum absolute atomic E-state index is 9.18. The number of aromatic nitrogens is 1. The third-order valence-electron chi connectivity index (χ3n) is 2.74. The van der Waals surface area contributed by atoms with E-state index < -0.39 is 0 Å². The molecule has 0 atom stereocenters. The fourth-order valence-electron chi connectivity index (χ4n) is 1.74. The predicted molar refractivity (Wildman–Crippen MR) is 81.2 cm³/mol. The van der Waals surface area contributed by atoms with E-state index in [1.54, 1.807) is 30.3 Å². The van der Waals surface area contributed by atoms with Gasteiger partial charge in [0.2, 0.25) is 5.71 Å². The van der Waals surface area contributed by atoms with Gasteiger partial charge in [0.1, 0.15) is 11.6 Å². The van der Waals surface area contributed by atoms with E-state index >= 15 is 0 Å². The number of nitrogens with zero attached hydrogens (tertiary/aromatic N) is 3. The number of hydrazone groups is 1. The van der Waals surface area contributed by atoms with Crippen LogP contribution in [-0.4, -0.2) is 10.7 Å². The van der Waals surface area contributed by atoms with Crippen LogP contribution in [0.3, 0.4) is 0 Å². The van der Waals surface area contributed by atoms with Crippen molar-refractivity contribution in [1.82, 2.24) is 4.98 Å². The number of nitriles is 1. The first-order valence-electron chi connectivity index (χ1n) is 6.11. The number of benzene rings is 2. The molecule has 0 aliphatic rings. The number of fused-ring (bicyclic) bond motifs is 1. The second-order valence-corrected chi connectivity index (χ2v) is 4.61. The summed E-state index contributed by atoms with van der Waals surface area (Å²) in [5.74, 6) is 0.181. The monoisotopic (exact) mass is 296 g/mol. The SMILES string of the molecule is N#C/C(=N/Nc1ccc(Cl)cc1)c1nc2ccccc2o1. The molecule has 3 aromatic rings. The minimum absolute atomic E-state index is 0.0705. The summed E-state index contributed by atoms with van der Waals surface area (Å²) in [7, 11) is 0. The Hall–Kier alpha value is -2.84. The van der Waals surface area contributed by atoms with Crippen LogP contribution in [0, 0.1) is 11.3 Å². The van der Waals surface area contributed by atoms with E-state index in [1.807, 2.05) is 24.3 Å². The van der Waals surface area contributed by atoms with Gasteiger partial charge in [0.25, 0.3) is 5.89 Å². The Kier molecular flexibility index (Phi) is 3.54. The Morgan fingerprint density at radius 1 is 1.19 bits per heavy atom. The lowest BCUT2D eigenvalue weighted by molar-refractivity contribution is 0.591. The van der Waals surface area contributed by atoms with Crippen LogP contribution in [-0.2, 0) is 0 Å². The number of oxazole rings is 1. The van der Waals surface area contributed by atoms with Gasteiger partial charge in [-0.1, -0.05) is 23.7 Å². The first-order valence-corrected chi connectivity index (χ1v) is 6.49. The number of rotatable bonds is 3. The Morgan fingerprint density at radius 2 is 1.95 bits per heavy atom. The van der Waals surface area contributed by atoms with Crippen molar-refractivity contribution < 1.29 is 4.42 Å². The molecule has 0 saturated carbocycles. The Morgan fingerprint density at radius 3 is 2.67 bits per heavy atom. The topological polar surface area (TPSA) is 74.2 Å². The quantitative estimate of drug-likeness (QED) is 0.589. The van der Waals surface area contributed by atoms with E-state index in [9.17, 15) is 5.26 Å². The van der Waals surface area contributed by atoms with Crippen LogP contribution in [0.15, 0.2) is 58.0 Å². The molecule has 1 aromatic heterocycles. The first kappa shape index (κ1) is 13.2. The van der Waals surface area contributed by atoms with Gasteiger partial charge in [-0.05, 0) is 36.4 Å². The smallest absolute Gasteiger partial charge is 0.259 e. The lowest BCUT2D eigenvalue weighted by atomic mass is 10.3. The average molecular weight is 297 g/mol. The van der Waals surface area contributed by atoms with Crippen LogP contribution in [0.1, 0.15) is 5.89 Å². The summed E-state index contributed by atoms with van der Waals surface area (Å²) >= 11 is 5.80. The fourth-order valence-corrected chi connectivity index (χ4v) is 1.87. The lowest BCUT2D eigenvalue weighted by Gasteiger charge is -1.99. The van der Waals surface area contributed by atoms with Crippen LogP contribution >= 0.6 is 11.6 Å². The molecule has 2 aromatic carbocycles. The van der Waals surface area contributed by atoms with Crippen LogP contribution in [0.25, 0.3) is 11.1 Å². The van der Waals surface area contributed by atoms with E-state index in [2.05, 4.69) is 15.5 Å². The van der Waals surface area contributed by atoms with Crippen molar-refractivity contribution >= 4 is 34.1 Å². The van der Waals surface area contributed by atoms with Gasteiger partial charge in [-0.25, -0.2) is 4.98 Å². The van der Waals surface area contributed by atoms with Crippen LogP contribution < -0.4 is 5.43 Å². The summed E-state index contributed by atoms with van der Waals surface area (Å²) in [5.41, 5.74) is 4.85. The van der Waals surface area contributed by atoms with Crippen molar-refractivity contribution in [1.29, 1.82) is 5.26 Å². The second-order valence-electron chi connectivity index (χ2n) is 4.18. The van der Waals surface area contributed by atoms with Crippen LogP contribution in [0.4, 0.5) is 5.69 Å². The molecule has 3 rings (SSSR count). The number of halogens is 1. The minimum atomic E-state index is 0.0705. The molecular weight excluding hydrogens is 288 g/mol. The molecule has 0 bridgehead atoms. The normalized spacial score (nSPS) is 11.3. The molecule has 0 unspecified atom stereocenters. The molecule has 102 valence electrons. The first-order chi connectivity index (χ1) is 10.3. The Bertz CT molecular complexity index is 813. The van der Waals surface area contributed by atoms with Gasteiger partial charge in [-0.2, -0.15) is 10.4 Å². The van der Waals surface area contributed by atoms with E-state index in [0.717, 1.165) is 0 Å². The maximum atomic E-state index is 9.18.